The predicted molar refractivity (Wildman–Crippen MR) is 59.3 cm³/mol. The first kappa shape index (κ1) is 9.26. The summed E-state index contributed by atoms with van der Waals surface area (Å²) in [6, 6.07) is 0.311. The summed E-state index contributed by atoms with van der Waals surface area (Å²) < 4.78 is 7.07. The minimum absolute atomic E-state index is 0.311. The zero-order valence-electron chi connectivity index (χ0n) is 9.14. The van der Waals surface area contributed by atoms with Crippen LogP contribution >= 0.6 is 0 Å². The highest BCUT2D eigenvalue weighted by Gasteiger charge is 2.16. The molecule has 3 heterocycles. The van der Waals surface area contributed by atoms with Gasteiger partial charge in [0.05, 0.1) is 13.4 Å². The van der Waals surface area contributed by atoms with Crippen LogP contribution in [-0.4, -0.2) is 32.3 Å². The van der Waals surface area contributed by atoms with E-state index in [1.807, 2.05) is 11.5 Å². The van der Waals surface area contributed by atoms with Gasteiger partial charge in [0.2, 0.25) is 0 Å². The Morgan fingerprint density at radius 3 is 3.06 bits per heavy atom. The number of imidazole rings is 1. The average molecular weight is 217 g/mol. The van der Waals surface area contributed by atoms with E-state index in [-0.39, 0.29) is 0 Å². The summed E-state index contributed by atoms with van der Waals surface area (Å²) in [7, 11) is 1.54. The molecule has 1 aliphatic rings. The largest absolute Gasteiger partial charge is 0.467 e. The van der Waals surface area contributed by atoms with Crippen LogP contribution in [0.4, 0.5) is 5.82 Å². The van der Waals surface area contributed by atoms with Gasteiger partial charge in [-0.1, -0.05) is 0 Å². The van der Waals surface area contributed by atoms with Crippen LogP contribution in [0.1, 0.15) is 13.3 Å². The first-order chi connectivity index (χ1) is 7.78. The zero-order valence-corrected chi connectivity index (χ0v) is 9.14. The molecule has 0 aliphatic carbocycles. The lowest BCUT2D eigenvalue weighted by molar-refractivity contribution is 0.382. The predicted octanol–water partition coefficient (Wildman–Crippen LogP) is 1.33. The number of hydrogen-bond acceptors (Lipinski definition) is 5. The minimum Gasteiger partial charge on any atom is -0.467 e. The molecule has 0 N–H and O–H groups in total. The Labute approximate surface area is 92.0 Å². The maximum atomic E-state index is 5.03. The van der Waals surface area contributed by atoms with Gasteiger partial charge in [-0.2, -0.15) is 9.97 Å². The zero-order chi connectivity index (χ0) is 11.1. The van der Waals surface area contributed by atoms with Crippen LogP contribution in [-0.2, 0) is 6.54 Å². The summed E-state index contributed by atoms with van der Waals surface area (Å²) in [6.45, 7) is 2.87. The van der Waals surface area contributed by atoms with Gasteiger partial charge in [0.1, 0.15) is 5.52 Å². The summed E-state index contributed by atoms with van der Waals surface area (Å²) in [5, 5.41) is 0. The highest BCUT2D eigenvalue weighted by molar-refractivity contribution is 5.91. The lowest BCUT2D eigenvalue weighted by Crippen LogP contribution is -1.98. The molecule has 3 rings (SSSR count). The lowest BCUT2D eigenvalue weighted by atomic mass is 10.3. The van der Waals surface area contributed by atoms with E-state index < -0.39 is 0 Å². The summed E-state index contributed by atoms with van der Waals surface area (Å²) in [5.74, 6) is 0.648. The second-order valence-electron chi connectivity index (χ2n) is 3.74. The van der Waals surface area contributed by atoms with Gasteiger partial charge in [-0.3, -0.25) is 0 Å². The van der Waals surface area contributed by atoms with E-state index in [4.69, 9.17) is 4.74 Å². The van der Waals surface area contributed by atoms with Crippen LogP contribution in [0.5, 0.6) is 6.01 Å². The topological polar surface area (TPSA) is 65.2 Å². The molecule has 0 amide bonds. The van der Waals surface area contributed by atoms with Gasteiger partial charge >= 0.3 is 6.01 Å². The monoisotopic (exact) mass is 217 g/mol. The van der Waals surface area contributed by atoms with Gasteiger partial charge in [0, 0.05) is 18.7 Å². The number of methoxy groups -OCH3 is 1. The van der Waals surface area contributed by atoms with Crippen molar-refractivity contribution in [2.75, 3.05) is 7.11 Å². The van der Waals surface area contributed by atoms with Crippen molar-refractivity contribution < 1.29 is 4.74 Å². The average Bonchev–Trinajstić information content (AvgIpc) is 2.61. The fourth-order valence-corrected chi connectivity index (χ4v) is 1.80. The molecule has 82 valence electrons. The van der Waals surface area contributed by atoms with Crippen molar-refractivity contribution in [2.24, 2.45) is 4.99 Å². The summed E-state index contributed by atoms with van der Waals surface area (Å²) >= 11 is 0. The molecule has 0 saturated carbocycles. The van der Waals surface area contributed by atoms with Crippen LogP contribution in [0.2, 0.25) is 0 Å². The van der Waals surface area contributed by atoms with E-state index in [9.17, 15) is 0 Å². The Morgan fingerprint density at radius 2 is 2.25 bits per heavy atom. The molecule has 0 unspecified atom stereocenters. The Balaban J connectivity index is 2.36. The maximum absolute atomic E-state index is 5.03. The first-order valence-corrected chi connectivity index (χ1v) is 5.09. The number of aliphatic imine (C=N–C) groups is 1. The molecule has 6 nitrogen and oxygen atoms in total. The molecule has 2 aromatic rings. The Morgan fingerprint density at radius 1 is 1.38 bits per heavy atom. The van der Waals surface area contributed by atoms with E-state index in [2.05, 4.69) is 19.9 Å². The van der Waals surface area contributed by atoms with Crippen LogP contribution in [0.3, 0.4) is 0 Å². The van der Waals surface area contributed by atoms with Crippen molar-refractivity contribution in [2.45, 2.75) is 19.9 Å². The summed E-state index contributed by atoms with van der Waals surface area (Å²) in [6.07, 6.45) is 2.68. The van der Waals surface area contributed by atoms with Crippen LogP contribution in [0.15, 0.2) is 11.3 Å². The van der Waals surface area contributed by atoms with E-state index in [0.29, 0.717) is 17.5 Å². The van der Waals surface area contributed by atoms with E-state index in [1.165, 1.54) is 7.11 Å². The number of hydrogen-bond donors (Lipinski definition) is 0. The van der Waals surface area contributed by atoms with Crippen molar-refractivity contribution in [3.63, 3.8) is 0 Å². The molecule has 2 aromatic heterocycles. The Bertz CT molecular complexity index is 586. The number of ether oxygens (including phenoxy) is 1. The molecular weight excluding hydrogens is 206 g/mol. The minimum atomic E-state index is 0.311. The smallest absolute Gasteiger partial charge is 0.320 e. The fraction of sp³-hybridized carbons (Fsp3) is 0.400. The highest BCUT2D eigenvalue weighted by Crippen LogP contribution is 2.27. The molecule has 0 aromatic carbocycles. The molecule has 16 heavy (non-hydrogen) atoms. The molecule has 0 spiro atoms. The number of aryl methyl sites for hydroxylation is 1. The van der Waals surface area contributed by atoms with Crippen molar-refractivity contribution in [3.05, 3.63) is 6.33 Å². The van der Waals surface area contributed by atoms with Crippen molar-refractivity contribution >= 4 is 22.7 Å². The molecule has 0 fully saturated rings. The normalized spacial score (nSPS) is 14.8. The SMILES string of the molecule is COc1nc2c3c(ncn3CCC(C)=N2)n1. The Hall–Kier alpha value is -1.98. The molecular formula is C10H11N5O. The number of nitrogens with zero attached hydrogens (tertiary/aromatic N) is 5. The third-order valence-corrected chi connectivity index (χ3v) is 2.63. The quantitative estimate of drug-likeness (QED) is 0.722. The molecule has 6 heteroatoms. The molecule has 0 atom stereocenters. The van der Waals surface area contributed by atoms with Crippen molar-refractivity contribution in [3.8, 4) is 6.01 Å². The number of rotatable bonds is 1. The molecule has 1 aliphatic heterocycles. The Kier molecular flexibility index (Phi) is 1.89. The summed E-state index contributed by atoms with van der Waals surface area (Å²) in [4.78, 5) is 17.1. The van der Waals surface area contributed by atoms with Crippen LogP contribution < -0.4 is 4.74 Å². The lowest BCUT2D eigenvalue weighted by Gasteiger charge is -2.01. The maximum Gasteiger partial charge on any atom is 0.320 e. The number of aromatic nitrogens is 4. The van der Waals surface area contributed by atoms with E-state index in [0.717, 1.165) is 24.2 Å². The second kappa shape index (κ2) is 3.26. The van der Waals surface area contributed by atoms with Gasteiger partial charge in [-0.25, -0.2) is 9.98 Å². The first-order valence-electron chi connectivity index (χ1n) is 5.09. The molecule has 0 bridgehead atoms. The van der Waals surface area contributed by atoms with Gasteiger partial charge in [-0.05, 0) is 6.92 Å². The van der Waals surface area contributed by atoms with Gasteiger partial charge in [0.25, 0.3) is 0 Å². The van der Waals surface area contributed by atoms with Crippen LogP contribution in [0, 0.1) is 0 Å². The second-order valence-corrected chi connectivity index (χ2v) is 3.74. The molecule has 0 radical (unpaired) electrons. The third kappa shape index (κ3) is 1.26. The van der Waals surface area contributed by atoms with Gasteiger partial charge in [-0.15, -0.1) is 0 Å². The van der Waals surface area contributed by atoms with Crippen molar-refractivity contribution in [1.82, 2.24) is 19.5 Å². The van der Waals surface area contributed by atoms with E-state index in [1.54, 1.807) is 6.33 Å². The fourth-order valence-electron chi connectivity index (χ4n) is 1.80. The van der Waals surface area contributed by atoms with Crippen LogP contribution in [0.25, 0.3) is 11.2 Å². The third-order valence-electron chi connectivity index (χ3n) is 2.63. The van der Waals surface area contributed by atoms with E-state index >= 15 is 0 Å². The van der Waals surface area contributed by atoms with Gasteiger partial charge < -0.3 is 9.30 Å². The highest BCUT2D eigenvalue weighted by atomic mass is 16.5. The van der Waals surface area contributed by atoms with Gasteiger partial charge in [0.15, 0.2) is 11.5 Å². The summed E-state index contributed by atoms with van der Waals surface area (Å²) in [5.41, 5.74) is 2.59. The van der Waals surface area contributed by atoms with Crippen molar-refractivity contribution in [1.29, 1.82) is 0 Å². The standard InChI is InChI=1S/C10H11N5O/c1-6-3-4-15-5-11-8-7(15)9(12-6)14-10(13-8)16-2/h5H,3-4H2,1-2H3. The molecule has 0 saturated heterocycles.